The summed E-state index contributed by atoms with van der Waals surface area (Å²) >= 11 is 0. The third-order valence-corrected chi connectivity index (χ3v) is 1.49. The number of rotatable bonds is 3. The average Bonchev–Trinajstić information content (AvgIpc) is 2.66. The molecule has 2 atom stereocenters. The molecular weight excluding hydrogens is 156 g/mol. The molecule has 0 N–H and O–H groups in total. The Bertz CT molecular complexity index is 196. The van der Waals surface area contributed by atoms with Gasteiger partial charge in [-0.15, -0.1) is 0 Å². The lowest BCUT2D eigenvalue weighted by atomic mass is 10.3. The van der Waals surface area contributed by atoms with Gasteiger partial charge in [0.05, 0.1) is 6.10 Å². The molecule has 1 aliphatic heterocycles. The molecule has 3 heteroatoms. The number of hydrogen-bond acceptors (Lipinski definition) is 3. The zero-order valence-corrected chi connectivity index (χ0v) is 7.61. The molecule has 0 amide bonds. The van der Waals surface area contributed by atoms with Gasteiger partial charge in [-0.05, 0) is 20.8 Å². The van der Waals surface area contributed by atoms with Crippen LogP contribution in [0, 0.1) is 0 Å². The van der Waals surface area contributed by atoms with Crippen LogP contribution in [0.5, 0.6) is 0 Å². The zero-order chi connectivity index (χ0) is 9.14. The van der Waals surface area contributed by atoms with Crippen LogP contribution in [0.3, 0.4) is 0 Å². The summed E-state index contributed by atoms with van der Waals surface area (Å²) in [6.45, 7) is 5.54. The fraction of sp³-hybridized carbons (Fsp3) is 0.667. The van der Waals surface area contributed by atoms with Gasteiger partial charge in [0.1, 0.15) is 6.10 Å². The van der Waals surface area contributed by atoms with Crippen molar-refractivity contribution in [1.29, 1.82) is 0 Å². The average molecular weight is 170 g/mol. The van der Waals surface area contributed by atoms with Crippen LogP contribution in [-0.4, -0.2) is 24.3 Å². The minimum atomic E-state index is -0.358. The van der Waals surface area contributed by atoms with Crippen molar-refractivity contribution in [3.63, 3.8) is 0 Å². The predicted octanol–water partition coefficient (Wildman–Crippen LogP) is 1.28. The van der Waals surface area contributed by atoms with Crippen LogP contribution in [0.15, 0.2) is 12.2 Å². The smallest absolute Gasteiger partial charge is 0.338 e. The minimum absolute atomic E-state index is 0.0544. The maximum absolute atomic E-state index is 11.1. The van der Waals surface area contributed by atoms with Crippen molar-refractivity contribution in [2.45, 2.75) is 39.1 Å². The third-order valence-electron chi connectivity index (χ3n) is 1.49. The van der Waals surface area contributed by atoms with Crippen LogP contribution in [0.4, 0.5) is 0 Å². The lowest BCUT2D eigenvalue weighted by molar-refractivity contribution is -0.148. The van der Waals surface area contributed by atoms with Gasteiger partial charge in [-0.1, -0.05) is 12.2 Å². The molecule has 0 aliphatic carbocycles. The highest BCUT2D eigenvalue weighted by Crippen LogP contribution is 2.24. The first-order chi connectivity index (χ1) is 5.65. The molecule has 68 valence electrons. The molecule has 0 aromatic carbocycles. The van der Waals surface area contributed by atoms with Gasteiger partial charge in [0.2, 0.25) is 0 Å². The molecule has 1 aliphatic rings. The van der Waals surface area contributed by atoms with Gasteiger partial charge in [-0.2, -0.15) is 0 Å². The topological polar surface area (TPSA) is 38.8 Å². The highest BCUT2D eigenvalue weighted by molar-refractivity contribution is 5.78. The van der Waals surface area contributed by atoms with Gasteiger partial charge in [0.15, 0.2) is 6.10 Å². The summed E-state index contributed by atoms with van der Waals surface area (Å²) in [5, 5.41) is 0. The Morgan fingerprint density at radius 3 is 2.75 bits per heavy atom. The number of hydrogen-bond donors (Lipinski definition) is 0. The van der Waals surface area contributed by atoms with Gasteiger partial charge in [0.25, 0.3) is 0 Å². The Balaban J connectivity index is 2.28. The van der Waals surface area contributed by atoms with Gasteiger partial charge in [-0.3, -0.25) is 0 Å². The van der Waals surface area contributed by atoms with Crippen molar-refractivity contribution in [1.82, 2.24) is 0 Å². The van der Waals surface area contributed by atoms with Crippen LogP contribution >= 0.6 is 0 Å². The summed E-state index contributed by atoms with van der Waals surface area (Å²) in [4.78, 5) is 11.1. The quantitative estimate of drug-likeness (QED) is 0.364. The first-order valence-electron chi connectivity index (χ1n) is 4.14. The number of epoxide rings is 1. The molecule has 12 heavy (non-hydrogen) atoms. The molecule has 1 rings (SSSR count). The van der Waals surface area contributed by atoms with E-state index in [9.17, 15) is 4.79 Å². The SMILES string of the molecule is C/C=C/C1OC1C(=O)OC(C)C. The zero-order valence-electron chi connectivity index (χ0n) is 7.61. The molecule has 1 saturated heterocycles. The second-order valence-corrected chi connectivity index (χ2v) is 3.03. The normalized spacial score (nSPS) is 28.0. The van der Waals surface area contributed by atoms with Crippen LogP contribution in [-0.2, 0) is 14.3 Å². The van der Waals surface area contributed by atoms with Gasteiger partial charge in [-0.25, -0.2) is 4.79 Å². The maximum atomic E-state index is 11.1. The second kappa shape index (κ2) is 3.72. The van der Waals surface area contributed by atoms with Crippen LogP contribution in [0.2, 0.25) is 0 Å². The van der Waals surface area contributed by atoms with Gasteiger partial charge in [0, 0.05) is 0 Å². The van der Waals surface area contributed by atoms with E-state index >= 15 is 0 Å². The molecule has 0 aromatic heterocycles. The Kier molecular flexibility index (Phi) is 2.87. The van der Waals surface area contributed by atoms with E-state index < -0.39 is 0 Å². The molecule has 0 bridgehead atoms. The van der Waals surface area contributed by atoms with Crippen molar-refractivity contribution < 1.29 is 14.3 Å². The molecule has 0 aromatic rings. The molecule has 1 fully saturated rings. The monoisotopic (exact) mass is 170 g/mol. The van der Waals surface area contributed by atoms with E-state index in [1.807, 2.05) is 32.9 Å². The first kappa shape index (κ1) is 9.26. The fourth-order valence-corrected chi connectivity index (χ4v) is 0.949. The standard InChI is InChI=1S/C9H14O3/c1-4-5-7-8(12-7)9(10)11-6(2)3/h4-8H,1-3H3/b5-4+. The highest BCUT2D eigenvalue weighted by atomic mass is 16.6. The fourth-order valence-electron chi connectivity index (χ4n) is 0.949. The van der Waals surface area contributed by atoms with E-state index in [-0.39, 0.29) is 24.3 Å². The number of ether oxygens (including phenoxy) is 2. The molecule has 2 unspecified atom stereocenters. The Morgan fingerprint density at radius 1 is 1.58 bits per heavy atom. The van der Waals surface area contributed by atoms with Crippen LogP contribution < -0.4 is 0 Å². The van der Waals surface area contributed by atoms with Crippen molar-refractivity contribution >= 4 is 5.97 Å². The largest absolute Gasteiger partial charge is 0.461 e. The Morgan fingerprint density at radius 2 is 2.25 bits per heavy atom. The molecule has 3 nitrogen and oxygen atoms in total. The van der Waals surface area contributed by atoms with Gasteiger partial charge >= 0.3 is 5.97 Å². The van der Waals surface area contributed by atoms with E-state index in [1.54, 1.807) is 0 Å². The van der Waals surface area contributed by atoms with E-state index in [1.165, 1.54) is 0 Å². The third kappa shape index (κ3) is 2.34. The highest BCUT2D eigenvalue weighted by Gasteiger charge is 2.44. The summed E-state index contributed by atoms with van der Waals surface area (Å²) in [6.07, 6.45) is 3.25. The summed E-state index contributed by atoms with van der Waals surface area (Å²) in [6, 6.07) is 0. The summed E-state index contributed by atoms with van der Waals surface area (Å²) in [5.74, 6) is -0.256. The lowest BCUT2D eigenvalue weighted by Gasteiger charge is -2.04. The first-order valence-corrected chi connectivity index (χ1v) is 4.14. The lowest BCUT2D eigenvalue weighted by Crippen LogP contribution is -2.17. The van der Waals surface area contributed by atoms with Crippen LogP contribution in [0.1, 0.15) is 20.8 Å². The number of allylic oxidation sites excluding steroid dienone is 1. The number of carbonyl (C=O) groups excluding carboxylic acids is 1. The number of esters is 1. The van der Waals surface area contributed by atoms with Crippen molar-refractivity contribution in [3.8, 4) is 0 Å². The van der Waals surface area contributed by atoms with E-state index in [4.69, 9.17) is 9.47 Å². The summed E-state index contributed by atoms with van der Waals surface area (Å²) in [5.41, 5.74) is 0. The van der Waals surface area contributed by atoms with Gasteiger partial charge < -0.3 is 9.47 Å². The minimum Gasteiger partial charge on any atom is -0.461 e. The summed E-state index contributed by atoms with van der Waals surface area (Å²) < 4.78 is 10.0. The Hall–Kier alpha value is -0.830. The van der Waals surface area contributed by atoms with Crippen LogP contribution in [0.25, 0.3) is 0 Å². The molecule has 1 heterocycles. The van der Waals surface area contributed by atoms with Crippen molar-refractivity contribution in [2.24, 2.45) is 0 Å². The number of carbonyl (C=O) groups is 1. The summed E-state index contributed by atoms with van der Waals surface area (Å²) in [7, 11) is 0. The molecule has 0 radical (unpaired) electrons. The van der Waals surface area contributed by atoms with Crippen molar-refractivity contribution in [2.75, 3.05) is 0 Å². The molecule has 0 saturated carbocycles. The van der Waals surface area contributed by atoms with Crippen molar-refractivity contribution in [3.05, 3.63) is 12.2 Å². The Labute approximate surface area is 72.4 Å². The predicted molar refractivity (Wildman–Crippen MR) is 44.7 cm³/mol. The van der Waals surface area contributed by atoms with E-state index in [2.05, 4.69) is 0 Å². The van der Waals surface area contributed by atoms with E-state index in [0.29, 0.717) is 0 Å². The van der Waals surface area contributed by atoms with E-state index in [0.717, 1.165) is 0 Å². The molecular formula is C9H14O3. The molecule has 0 spiro atoms. The maximum Gasteiger partial charge on any atom is 0.338 e. The second-order valence-electron chi connectivity index (χ2n) is 3.03.